The van der Waals surface area contributed by atoms with Crippen LogP contribution in [0.25, 0.3) is 0 Å². The first kappa shape index (κ1) is 18.8. The number of urea groups is 1. The minimum absolute atomic E-state index is 0.0776. The molecule has 4 aliphatic rings. The summed E-state index contributed by atoms with van der Waals surface area (Å²) in [5.74, 6) is 2.00. The third-order valence-corrected chi connectivity index (χ3v) is 6.66. The van der Waals surface area contributed by atoms with Gasteiger partial charge in [-0.05, 0) is 81.0 Å². The lowest BCUT2D eigenvalue weighted by molar-refractivity contribution is -0.121. The molecule has 146 valence electrons. The van der Waals surface area contributed by atoms with Crippen molar-refractivity contribution >= 4 is 23.5 Å². The Balaban J connectivity index is 1.26. The molecule has 27 heavy (non-hydrogen) atoms. The molecule has 1 aromatic carbocycles. The molecule has 0 spiro atoms. The van der Waals surface area contributed by atoms with Crippen molar-refractivity contribution in [3.8, 4) is 0 Å². The van der Waals surface area contributed by atoms with Crippen molar-refractivity contribution in [3.63, 3.8) is 0 Å². The summed E-state index contributed by atoms with van der Waals surface area (Å²) < 4.78 is 0. The fourth-order valence-electron chi connectivity index (χ4n) is 5.95. The van der Waals surface area contributed by atoms with Crippen LogP contribution in [0.4, 0.5) is 4.79 Å². The fraction of sp³-hybridized carbons (Fsp3) is 0.619. The average molecular weight is 390 g/mol. The van der Waals surface area contributed by atoms with E-state index in [1.54, 1.807) is 0 Å². The number of benzene rings is 1. The van der Waals surface area contributed by atoms with E-state index < -0.39 is 0 Å². The Bertz CT molecular complexity index is 701. The second-order valence-corrected chi connectivity index (χ2v) is 9.44. The number of hydrogen-bond acceptors (Lipinski definition) is 3. The number of nitrogens with one attached hydrogen (secondary N) is 2. The SMILES string of the molecule is CN(CC(=O)NC(=O)NC12CC3CC(CC(C3)C1)C2)Cc1cccc(Cl)c1. The second-order valence-electron chi connectivity index (χ2n) is 9.00. The minimum Gasteiger partial charge on any atom is -0.332 e. The zero-order valence-corrected chi connectivity index (χ0v) is 16.6. The van der Waals surface area contributed by atoms with E-state index in [4.69, 9.17) is 11.6 Å². The van der Waals surface area contributed by atoms with Gasteiger partial charge < -0.3 is 5.32 Å². The monoisotopic (exact) mass is 389 g/mol. The normalized spacial score (nSPS) is 31.1. The van der Waals surface area contributed by atoms with Gasteiger partial charge in [0.2, 0.25) is 5.91 Å². The van der Waals surface area contributed by atoms with Crippen molar-refractivity contribution in [2.45, 2.75) is 50.6 Å². The summed E-state index contributed by atoms with van der Waals surface area (Å²) in [5.41, 5.74) is 0.960. The molecule has 1 aromatic rings. The maximum Gasteiger partial charge on any atom is 0.321 e. The van der Waals surface area contributed by atoms with Gasteiger partial charge in [0, 0.05) is 17.1 Å². The number of rotatable bonds is 5. The van der Waals surface area contributed by atoms with Crippen LogP contribution in [-0.2, 0) is 11.3 Å². The standard InChI is InChI=1S/C21H28ClN3O2/c1-25(12-14-3-2-4-18(22)8-14)13-19(26)23-20(27)24-21-9-15-5-16(10-21)7-17(6-15)11-21/h2-4,8,15-17H,5-7,9-13H2,1H3,(H2,23,24,26,27). The predicted octanol–water partition coefficient (Wildman–Crippen LogP) is 3.57. The molecule has 0 aliphatic heterocycles. The maximum absolute atomic E-state index is 12.4. The van der Waals surface area contributed by atoms with E-state index in [0.29, 0.717) is 11.6 Å². The third-order valence-electron chi connectivity index (χ3n) is 6.42. The van der Waals surface area contributed by atoms with Crippen LogP contribution in [0, 0.1) is 17.8 Å². The Morgan fingerprint density at radius 1 is 1.15 bits per heavy atom. The molecule has 0 heterocycles. The van der Waals surface area contributed by atoms with Crippen molar-refractivity contribution in [1.82, 2.24) is 15.5 Å². The number of hydrogen-bond donors (Lipinski definition) is 2. The van der Waals surface area contributed by atoms with Crippen molar-refractivity contribution in [1.29, 1.82) is 0 Å². The summed E-state index contributed by atoms with van der Waals surface area (Å²) in [6, 6.07) is 7.24. The van der Waals surface area contributed by atoms with Crippen molar-refractivity contribution in [2.24, 2.45) is 17.8 Å². The summed E-state index contributed by atoms with van der Waals surface area (Å²) in [5, 5.41) is 6.39. The molecule has 4 bridgehead atoms. The molecule has 0 saturated heterocycles. The molecule has 6 heteroatoms. The molecule has 0 aromatic heterocycles. The van der Waals surface area contributed by atoms with E-state index in [0.717, 1.165) is 42.6 Å². The Morgan fingerprint density at radius 3 is 2.37 bits per heavy atom. The summed E-state index contributed by atoms with van der Waals surface area (Å²) in [6.45, 7) is 0.769. The van der Waals surface area contributed by atoms with Gasteiger partial charge in [-0.2, -0.15) is 0 Å². The molecule has 0 unspecified atom stereocenters. The Hall–Kier alpha value is -1.59. The predicted molar refractivity (Wildman–Crippen MR) is 105 cm³/mol. The topological polar surface area (TPSA) is 61.4 Å². The molecule has 0 radical (unpaired) electrons. The zero-order chi connectivity index (χ0) is 19.0. The van der Waals surface area contributed by atoms with Gasteiger partial charge in [0.25, 0.3) is 0 Å². The van der Waals surface area contributed by atoms with Gasteiger partial charge in [-0.15, -0.1) is 0 Å². The number of halogens is 1. The highest BCUT2D eigenvalue weighted by Gasteiger charge is 2.51. The van der Waals surface area contributed by atoms with Crippen LogP contribution >= 0.6 is 11.6 Å². The van der Waals surface area contributed by atoms with Gasteiger partial charge in [-0.25, -0.2) is 4.79 Å². The van der Waals surface area contributed by atoms with Gasteiger partial charge in [0.1, 0.15) is 0 Å². The highest BCUT2D eigenvalue weighted by molar-refractivity contribution is 6.30. The van der Waals surface area contributed by atoms with Crippen LogP contribution in [0.5, 0.6) is 0 Å². The zero-order valence-electron chi connectivity index (χ0n) is 15.8. The molecular weight excluding hydrogens is 362 g/mol. The van der Waals surface area contributed by atoms with E-state index in [2.05, 4.69) is 10.6 Å². The van der Waals surface area contributed by atoms with Crippen LogP contribution in [0.1, 0.15) is 44.1 Å². The molecule has 3 amide bonds. The number of carbonyl (C=O) groups is 2. The summed E-state index contributed by atoms with van der Waals surface area (Å²) in [4.78, 5) is 26.6. The van der Waals surface area contributed by atoms with Crippen LogP contribution in [0.3, 0.4) is 0 Å². The lowest BCUT2D eigenvalue weighted by Gasteiger charge is -2.56. The van der Waals surface area contributed by atoms with Gasteiger partial charge >= 0.3 is 6.03 Å². The first-order valence-electron chi connectivity index (χ1n) is 9.94. The van der Waals surface area contributed by atoms with E-state index in [1.165, 1.54) is 19.3 Å². The van der Waals surface area contributed by atoms with Crippen molar-refractivity contribution < 1.29 is 9.59 Å². The van der Waals surface area contributed by atoms with Gasteiger partial charge in [-0.3, -0.25) is 15.0 Å². The highest BCUT2D eigenvalue weighted by atomic mass is 35.5. The molecule has 5 rings (SSSR count). The Morgan fingerprint density at radius 2 is 1.78 bits per heavy atom. The molecule has 4 aliphatic carbocycles. The quantitative estimate of drug-likeness (QED) is 0.809. The van der Waals surface area contributed by atoms with Crippen LogP contribution in [0.2, 0.25) is 5.02 Å². The van der Waals surface area contributed by atoms with E-state index in [1.807, 2.05) is 36.2 Å². The van der Waals surface area contributed by atoms with E-state index >= 15 is 0 Å². The number of nitrogens with zero attached hydrogens (tertiary/aromatic N) is 1. The van der Waals surface area contributed by atoms with Gasteiger partial charge in [0.05, 0.1) is 6.54 Å². The lowest BCUT2D eigenvalue weighted by atomic mass is 9.53. The first-order valence-corrected chi connectivity index (χ1v) is 10.3. The average Bonchev–Trinajstić information content (AvgIpc) is 2.52. The first-order chi connectivity index (χ1) is 12.9. The number of amides is 3. The largest absolute Gasteiger partial charge is 0.332 e. The summed E-state index contributed by atoms with van der Waals surface area (Å²) in [7, 11) is 1.86. The number of carbonyl (C=O) groups excluding carboxylic acids is 2. The van der Waals surface area contributed by atoms with Crippen LogP contribution in [0.15, 0.2) is 24.3 Å². The molecule has 4 saturated carbocycles. The molecular formula is C21H28ClN3O2. The second kappa shape index (κ2) is 7.44. The third kappa shape index (κ3) is 4.46. The summed E-state index contributed by atoms with van der Waals surface area (Å²) in [6.07, 6.45) is 7.22. The fourth-order valence-corrected chi connectivity index (χ4v) is 6.16. The Labute approximate surface area is 165 Å². The smallest absolute Gasteiger partial charge is 0.321 e. The number of imide groups is 1. The molecule has 4 fully saturated rings. The van der Waals surface area contributed by atoms with Crippen molar-refractivity contribution in [3.05, 3.63) is 34.9 Å². The van der Waals surface area contributed by atoms with E-state index in [9.17, 15) is 9.59 Å². The summed E-state index contributed by atoms with van der Waals surface area (Å²) >= 11 is 6.00. The molecule has 5 nitrogen and oxygen atoms in total. The van der Waals surface area contributed by atoms with Gasteiger partial charge in [0.15, 0.2) is 0 Å². The molecule has 0 atom stereocenters. The maximum atomic E-state index is 12.4. The van der Waals surface area contributed by atoms with Crippen LogP contribution in [-0.4, -0.2) is 36.0 Å². The van der Waals surface area contributed by atoms with E-state index in [-0.39, 0.29) is 24.0 Å². The Kier molecular flexibility index (Phi) is 5.17. The lowest BCUT2D eigenvalue weighted by Crippen LogP contribution is -2.62. The number of likely N-dealkylation sites (N-methyl/N-ethyl adjacent to an activating group) is 1. The minimum atomic E-state index is -0.335. The van der Waals surface area contributed by atoms with Gasteiger partial charge in [-0.1, -0.05) is 23.7 Å². The van der Waals surface area contributed by atoms with Crippen molar-refractivity contribution in [2.75, 3.05) is 13.6 Å². The molecule has 2 N–H and O–H groups in total. The highest BCUT2D eigenvalue weighted by Crippen LogP contribution is 2.55. The van der Waals surface area contributed by atoms with Crippen LogP contribution < -0.4 is 10.6 Å².